The van der Waals surface area contributed by atoms with Gasteiger partial charge in [0.1, 0.15) is 11.5 Å². The molecular formula is C19H26F2N4O2. The molecule has 27 heavy (non-hydrogen) atoms. The zero-order chi connectivity index (χ0) is 19.2. The predicted octanol–water partition coefficient (Wildman–Crippen LogP) is 2.89. The fourth-order valence-corrected chi connectivity index (χ4v) is 4.31. The molecule has 148 valence electrons. The molecule has 2 atom stereocenters. The van der Waals surface area contributed by atoms with Crippen LogP contribution in [0.3, 0.4) is 0 Å². The Kier molecular flexibility index (Phi) is 4.68. The number of nitrogens with zero attached hydrogens (tertiary/aromatic N) is 4. The molecular weight excluding hydrogens is 354 g/mol. The summed E-state index contributed by atoms with van der Waals surface area (Å²) in [5, 5.41) is 0. The molecule has 8 heteroatoms. The summed E-state index contributed by atoms with van der Waals surface area (Å²) in [5.74, 6) is -1.91. The summed E-state index contributed by atoms with van der Waals surface area (Å²) in [7, 11) is 1.39. The topological polar surface area (TPSA) is 58.6 Å². The van der Waals surface area contributed by atoms with Gasteiger partial charge in [0.05, 0.1) is 13.5 Å². The molecule has 0 spiro atoms. The van der Waals surface area contributed by atoms with Crippen LogP contribution in [0.5, 0.6) is 0 Å². The van der Waals surface area contributed by atoms with Crippen molar-refractivity contribution in [2.75, 3.05) is 36.5 Å². The van der Waals surface area contributed by atoms with Gasteiger partial charge in [0.2, 0.25) is 5.95 Å². The molecule has 0 saturated carbocycles. The van der Waals surface area contributed by atoms with E-state index in [1.165, 1.54) is 7.11 Å². The van der Waals surface area contributed by atoms with Crippen LogP contribution in [0.25, 0.3) is 0 Å². The summed E-state index contributed by atoms with van der Waals surface area (Å²) in [6, 6.07) is 0.277. The average molecular weight is 380 g/mol. The number of carbonyl (C=O) groups excluding carboxylic acids is 1. The van der Waals surface area contributed by atoms with Crippen molar-refractivity contribution in [2.24, 2.45) is 5.92 Å². The number of rotatable bonds is 4. The maximum atomic E-state index is 14.6. The van der Waals surface area contributed by atoms with Crippen LogP contribution >= 0.6 is 0 Å². The van der Waals surface area contributed by atoms with Gasteiger partial charge in [-0.1, -0.05) is 0 Å². The van der Waals surface area contributed by atoms with Crippen LogP contribution in [0, 0.1) is 5.92 Å². The molecule has 4 rings (SSSR count). The first-order valence-corrected chi connectivity index (χ1v) is 9.76. The first-order chi connectivity index (χ1) is 12.9. The van der Waals surface area contributed by atoms with Gasteiger partial charge >= 0.3 is 5.97 Å². The van der Waals surface area contributed by atoms with Crippen molar-refractivity contribution in [3.05, 3.63) is 11.3 Å². The molecule has 1 aromatic rings. The van der Waals surface area contributed by atoms with Crippen molar-refractivity contribution in [3.8, 4) is 0 Å². The third-order valence-electron chi connectivity index (χ3n) is 6.08. The Hall–Kier alpha value is -1.99. The lowest BCUT2D eigenvalue weighted by Crippen LogP contribution is -2.47. The Balaban J connectivity index is 1.67. The molecule has 0 aromatic carbocycles. The number of methoxy groups -OCH3 is 1. The zero-order valence-corrected chi connectivity index (χ0v) is 15.9. The number of fused-ring (bicyclic) bond motifs is 1. The number of alkyl halides is 2. The van der Waals surface area contributed by atoms with Crippen LogP contribution in [0.1, 0.15) is 50.3 Å². The lowest BCUT2D eigenvalue weighted by atomic mass is 9.92. The summed E-state index contributed by atoms with van der Waals surface area (Å²) in [6.07, 6.45) is 3.07. The van der Waals surface area contributed by atoms with Crippen molar-refractivity contribution in [1.29, 1.82) is 0 Å². The second kappa shape index (κ2) is 6.87. The summed E-state index contributed by atoms with van der Waals surface area (Å²) < 4.78 is 34.0. The van der Waals surface area contributed by atoms with Gasteiger partial charge in [-0.2, -0.15) is 13.8 Å². The minimum Gasteiger partial charge on any atom is -0.469 e. The maximum Gasteiger partial charge on any atom is 0.305 e. The zero-order valence-electron chi connectivity index (χ0n) is 15.9. The molecule has 0 N–H and O–H groups in total. The molecule has 2 fully saturated rings. The largest absolute Gasteiger partial charge is 0.469 e. The summed E-state index contributed by atoms with van der Waals surface area (Å²) in [5.41, 5.74) is 0.492. The van der Waals surface area contributed by atoms with Crippen molar-refractivity contribution in [1.82, 2.24) is 9.97 Å². The first kappa shape index (κ1) is 18.4. The van der Waals surface area contributed by atoms with Crippen LogP contribution in [-0.4, -0.2) is 48.7 Å². The highest BCUT2D eigenvalue weighted by Gasteiger charge is 2.42. The first-order valence-electron chi connectivity index (χ1n) is 9.76. The Morgan fingerprint density at radius 2 is 2.11 bits per heavy atom. The quantitative estimate of drug-likeness (QED) is 0.749. The van der Waals surface area contributed by atoms with E-state index < -0.39 is 5.92 Å². The SMILES string of the molecule is COC(=O)CC1CCN(c2nc(N3CCC3C)nc3c2CCCC3(F)F)C1. The Bertz CT molecular complexity index is 743. The Labute approximate surface area is 157 Å². The number of carbonyl (C=O) groups is 1. The van der Waals surface area contributed by atoms with Gasteiger partial charge in [0.25, 0.3) is 5.92 Å². The Morgan fingerprint density at radius 1 is 1.30 bits per heavy atom. The van der Waals surface area contributed by atoms with E-state index >= 15 is 0 Å². The van der Waals surface area contributed by atoms with Crippen LogP contribution in [-0.2, 0) is 21.9 Å². The second-order valence-electron chi connectivity index (χ2n) is 7.94. The van der Waals surface area contributed by atoms with Gasteiger partial charge < -0.3 is 14.5 Å². The van der Waals surface area contributed by atoms with E-state index in [0.29, 0.717) is 49.7 Å². The molecule has 2 saturated heterocycles. The Morgan fingerprint density at radius 3 is 2.78 bits per heavy atom. The lowest BCUT2D eigenvalue weighted by molar-refractivity contribution is -0.141. The van der Waals surface area contributed by atoms with Crippen LogP contribution in [0.15, 0.2) is 0 Å². The molecule has 6 nitrogen and oxygen atoms in total. The van der Waals surface area contributed by atoms with E-state index in [9.17, 15) is 13.6 Å². The third kappa shape index (κ3) is 3.34. The fraction of sp³-hybridized carbons (Fsp3) is 0.737. The number of hydrogen-bond acceptors (Lipinski definition) is 6. The van der Waals surface area contributed by atoms with Crippen molar-refractivity contribution >= 4 is 17.7 Å². The van der Waals surface area contributed by atoms with E-state index in [4.69, 9.17) is 9.72 Å². The number of halogens is 2. The van der Waals surface area contributed by atoms with Crippen molar-refractivity contribution < 1.29 is 18.3 Å². The summed E-state index contributed by atoms with van der Waals surface area (Å²) >= 11 is 0. The highest BCUT2D eigenvalue weighted by Crippen LogP contribution is 2.44. The monoisotopic (exact) mass is 380 g/mol. The highest BCUT2D eigenvalue weighted by atomic mass is 19.3. The van der Waals surface area contributed by atoms with Gasteiger partial charge in [-0.15, -0.1) is 0 Å². The summed E-state index contributed by atoms with van der Waals surface area (Å²) in [4.78, 5) is 24.7. The van der Waals surface area contributed by atoms with Gasteiger partial charge in [-0.05, 0) is 38.5 Å². The molecule has 1 aliphatic carbocycles. The number of aromatic nitrogens is 2. The molecule has 2 aliphatic heterocycles. The molecule has 1 aromatic heterocycles. The standard InChI is InChI=1S/C19H26F2N4O2/c1-12-5-9-25(12)18-22-16-14(4-3-7-19(16,20)21)17(23-18)24-8-6-13(11-24)10-15(26)27-2/h12-13H,3-11H2,1-2H3. The van der Waals surface area contributed by atoms with E-state index in [2.05, 4.69) is 16.8 Å². The normalized spacial score (nSPS) is 26.5. The van der Waals surface area contributed by atoms with Crippen molar-refractivity contribution in [2.45, 2.75) is 57.4 Å². The number of ether oxygens (including phenoxy) is 1. The van der Waals surface area contributed by atoms with Gasteiger partial charge in [0.15, 0.2) is 0 Å². The van der Waals surface area contributed by atoms with Crippen LogP contribution in [0.4, 0.5) is 20.5 Å². The van der Waals surface area contributed by atoms with Gasteiger partial charge in [-0.25, -0.2) is 4.98 Å². The number of anilines is 2. The third-order valence-corrected chi connectivity index (χ3v) is 6.08. The highest BCUT2D eigenvalue weighted by molar-refractivity contribution is 5.69. The minimum absolute atomic E-state index is 0.0933. The lowest BCUT2D eigenvalue weighted by Gasteiger charge is -2.40. The van der Waals surface area contributed by atoms with E-state index in [-0.39, 0.29) is 30.0 Å². The molecule has 2 unspecified atom stereocenters. The number of hydrogen-bond donors (Lipinski definition) is 0. The molecule has 3 aliphatic rings. The van der Waals surface area contributed by atoms with E-state index in [1.807, 2.05) is 4.90 Å². The number of esters is 1. The fourth-order valence-electron chi connectivity index (χ4n) is 4.31. The molecule has 0 bridgehead atoms. The van der Waals surface area contributed by atoms with Crippen molar-refractivity contribution in [3.63, 3.8) is 0 Å². The van der Waals surface area contributed by atoms with Crippen LogP contribution < -0.4 is 9.80 Å². The average Bonchev–Trinajstić information content (AvgIpc) is 3.08. The smallest absolute Gasteiger partial charge is 0.305 e. The van der Waals surface area contributed by atoms with Gasteiger partial charge in [0, 0.05) is 37.7 Å². The predicted molar refractivity (Wildman–Crippen MR) is 97.2 cm³/mol. The van der Waals surface area contributed by atoms with E-state index in [1.54, 1.807) is 0 Å². The van der Waals surface area contributed by atoms with Crippen LogP contribution in [0.2, 0.25) is 0 Å². The molecule has 3 heterocycles. The minimum atomic E-state index is -2.90. The maximum absolute atomic E-state index is 14.6. The summed E-state index contributed by atoms with van der Waals surface area (Å²) in [6.45, 7) is 4.22. The van der Waals surface area contributed by atoms with Gasteiger partial charge in [-0.3, -0.25) is 4.79 Å². The molecule has 0 radical (unpaired) electrons. The second-order valence-corrected chi connectivity index (χ2v) is 7.94. The van der Waals surface area contributed by atoms with E-state index in [0.717, 1.165) is 19.4 Å². The molecule has 0 amide bonds.